The molecule has 0 unspecified atom stereocenters. The second-order valence-corrected chi connectivity index (χ2v) is 5.81. The standard InChI is InChI=1S/C13H12N2O3S2/c1-8-6-20-13(14-8)15-11(16)7-19-10-5-3-2-4-9(10)12(17)18/h2-6H,7H2,1H3,(H,17,18)(H,14,15,16). The van der Waals surface area contributed by atoms with Gasteiger partial charge >= 0.3 is 5.97 Å². The molecule has 1 amide bonds. The number of aryl methyl sites for hydroxylation is 1. The fourth-order valence-electron chi connectivity index (χ4n) is 1.48. The molecule has 1 heterocycles. The van der Waals surface area contributed by atoms with Crippen LogP contribution in [-0.2, 0) is 4.79 Å². The fourth-order valence-corrected chi connectivity index (χ4v) is 3.03. The molecule has 0 radical (unpaired) electrons. The van der Waals surface area contributed by atoms with E-state index in [1.54, 1.807) is 18.2 Å². The zero-order chi connectivity index (χ0) is 14.5. The second kappa shape index (κ2) is 6.53. The highest BCUT2D eigenvalue weighted by atomic mass is 32.2. The highest BCUT2D eigenvalue weighted by Gasteiger charge is 2.12. The first kappa shape index (κ1) is 14.5. The number of hydrogen-bond donors (Lipinski definition) is 2. The van der Waals surface area contributed by atoms with Gasteiger partial charge in [0.2, 0.25) is 5.91 Å². The Morgan fingerprint density at radius 1 is 1.40 bits per heavy atom. The van der Waals surface area contributed by atoms with Gasteiger partial charge in [0, 0.05) is 10.3 Å². The molecule has 0 atom stereocenters. The van der Waals surface area contributed by atoms with Crippen LogP contribution in [0, 0.1) is 6.92 Å². The molecule has 5 nitrogen and oxygen atoms in total. The summed E-state index contributed by atoms with van der Waals surface area (Å²) in [5, 5.41) is 14.1. The summed E-state index contributed by atoms with van der Waals surface area (Å²) < 4.78 is 0. The molecule has 0 aliphatic heterocycles. The van der Waals surface area contributed by atoms with E-state index in [0.717, 1.165) is 5.69 Å². The van der Waals surface area contributed by atoms with Crippen LogP contribution in [0.4, 0.5) is 5.13 Å². The van der Waals surface area contributed by atoms with Gasteiger partial charge in [-0.05, 0) is 19.1 Å². The van der Waals surface area contributed by atoms with Gasteiger partial charge in [0.15, 0.2) is 5.13 Å². The fraction of sp³-hybridized carbons (Fsp3) is 0.154. The first-order valence-electron chi connectivity index (χ1n) is 5.73. The van der Waals surface area contributed by atoms with Gasteiger partial charge in [-0.25, -0.2) is 9.78 Å². The van der Waals surface area contributed by atoms with Crippen LogP contribution in [0.25, 0.3) is 0 Å². The van der Waals surface area contributed by atoms with Crippen molar-refractivity contribution in [1.29, 1.82) is 0 Å². The van der Waals surface area contributed by atoms with Crippen LogP contribution in [0.5, 0.6) is 0 Å². The molecular formula is C13H12N2O3S2. The van der Waals surface area contributed by atoms with Crippen LogP contribution in [-0.4, -0.2) is 27.7 Å². The molecule has 0 bridgehead atoms. The van der Waals surface area contributed by atoms with Gasteiger partial charge < -0.3 is 10.4 Å². The van der Waals surface area contributed by atoms with Crippen LogP contribution < -0.4 is 5.32 Å². The van der Waals surface area contributed by atoms with E-state index >= 15 is 0 Å². The van der Waals surface area contributed by atoms with Crippen molar-refractivity contribution in [2.24, 2.45) is 0 Å². The van der Waals surface area contributed by atoms with Crippen LogP contribution in [0.3, 0.4) is 0 Å². The van der Waals surface area contributed by atoms with Crippen LogP contribution >= 0.6 is 23.1 Å². The van der Waals surface area contributed by atoms with Crippen molar-refractivity contribution in [3.8, 4) is 0 Å². The van der Waals surface area contributed by atoms with Crippen molar-refractivity contribution in [3.05, 3.63) is 40.9 Å². The molecule has 0 spiro atoms. The van der Waals surface area contributed by atoms with Crippen molar-refractivity contribution in [2.45, 2.75) is 11.8 Å². The molecule has 104 valence electrons. The number of carboxylic acids is 1. The average Bonchev–Trinajstić information content (AvgIpc) is 2.82. The largest absolute Gasteiger partial charge is 0.478 e. The molecule has 7 heteroatoms. The lowest BCUT2D eigenvalue weighted by Gasteiger charge is -2.05. The molecule has 0 saturated heterocycles. The van der Waals surface area contributed by atoms with E-state index in [1.165, 1.54) is 29.2 Å². The SMILES string of the molecule is Cc1csc(NC(=O)CSc2ccccc2C(=O)O)n1. The number of hydrogen-bond acceptors (Lipinski definition) is 5. The molecular weight excluding hydrogens is 296 g/mol. The summed E-state index contributed by atoms with van der Waals surface area (Å²) in [5.41, 5.74) is 1.06. The minimum Gasteiger partial charge on any atom is -0.478 e. The Hall–Kier alpha value is -1.86. The molecule has 1 aromatic carbocycles. The van der Waals surface area contributed by atoms with Crippen molar-refractivity contribution in [1.82, 2.24) is 4.98 Å². The lowest BCUT2D eigenvalue weighted by Crippen LogP contribution is -2.14. The number of amides is 1. The van der Waals surface area contributed by atoms with Crippen LogP contribution in [0.1, 0.15) is 16.1 Å². The quantitative estimate of drug-likeness (QED) is 0.830. The predicted octanol–water partition coefficient (Wildman–Crippen LogP) is 2.88. The average molecular weight is 308 g/mol. The van der Waals surface area contributed by atoms with E-state index in [2.05, 4.69) is 10.3 Å². The Kier molecular flexibility index (Phi) is 4.75. The normalized spacial score (nSPS) is 10.2. The number of aromatic nitrogens is 1. The van der Waals surface area contributed by atoms with Crippen molar-refractivity contribution in [2.75, 3.05) is 11.1 Å². The maximum atomic E-state index is 11.8. The van der Waals surface area contributed by atoms with E-state index in [0.29, 0.717) is 10.0 Å². The third kappa shape index (κ3) is 3.82. The highest BCUT2D eigenvalue weighted by Crippen LogP contribution is 2.23. The van der Waals surface area contributed by atoms with Crippen molar-refractivity contribution in [3.63, 3.8) is 0 Å². The molecule has 0 fully saturated rings. The molecule has 1 aromatic heterocycles. The summed E-state index contributed by atoms with van der Waals surface area (Å²) >= 11 is 2.55. The van der Waals surface area contributed by atoms with Gasteiger partial charge in [0.05, 0.1) is 17.0 Å². The van der Waals surface area contributed by atoms with Gasteiger partial charge in [0.1, 0.15) is 0 Å². The minimum absolute atomic E-state index is 0.142. The smallest absolute Gasteiger partial charge is 0.336 e. The maximum absolute atomic E-state index is 11.8. The number of nitrogens with zero attached hydrogens (tertiary/aromatic N) is 1. The predicted molar refractivity (Wildman–Crippen MR) is 79.6 cm³/mol. The monoisotopic (exact) mass is 308 g/mol. The second-order valence-electron chi connectivity index (χ2n) is 3.93. The number of thiazole rings is 1. The Balaban J connectivity index is 1.95. The topological polar surface area (TPSA) is 79.3 Å². The van der Waals surface area contributed by atoms with E-state index in [1.807, 2.05) is 12.3 Å². The number of thioether (sulfide) groups is 1. The first-order valence-corrected chi connectivity index (χ1v) is 7.60. The van der Waals surface area contributed by atoms with Gasteiger partial charge in [-0.15, -0.1) is 23.1 Å². The summed E-state index contributed by atoms with van der Waals surface area (Å²) in [6.07, 6.45) is 0. The molecule has 2 aromatic rings. The summed E-state index contributed by atoms with van der Waals surface area (Å²) in [4.78, 5) is 27.5. The van der Waals surface area contributed by atoms with Gasteiger partial charge in [-0.2, -0.15) is 0 Å². The van der Waals surface area contributed by atoms with E-state index in [4.69, 9.17) is 5.11 Å². The Morgan fingerprint density at radius 2 is 2.15 bits per heavy atom. The van der Waals surface area contributed by atoms with Crippen molar-refractivity contribution < 1.29 is 14.7 Å². The number of benzene rings is 1. The number of carboxylic acid groups (broad SMARTS) is 1. The van der Waals surface area contributed by atoms with Crippen molar-refractivity contribution >= 4 is 40.1 Å². The zero-order valence-corrected chi connectivity index (χ0v) is 12.3. The summed E-state index contributed by atoms with van der Waals surface area (Å²) in [5.74, 6) is -1.06. The van der Waals surface area contributed by atoms with E-state index in [9.17, 15) is 9.59 Å². The number of aromatic carboxylic acids is 1. The summed E-state index contributed by atoms with van der Waals surface area (Å²) in [6.45, 7) is 1.85. The number of carbonyl (C=O) groups is 2. The number of anilines is 1. The lowest BCUT2D eigenvalue weighted by molar-refractivity contribution is -0.113. The molecule has 0 aliphatic carbocycles. The van der Waals surface area contributed by atoms with Crippen LogP contribution in [0.2, 0.25) is 0 Å². The lowest BCUT2D eigenvalue weighted by atomic mass is 10.2. The third-order valence-corrected chi connectivity index (χ3v) is 4.29. The molecule has 2 rings (SSSR count). The molecule has 2 N–H and O–H groups in total. The Bertz CT molecular complexity index is 640. The summed E-state index contributed by atoms with van der Waals surface area (Å²) in [7, 11) is 0. The van der Waals surface area contributed by atoms with E-state index < -0.39 is 5.97 Å². The van der Waals surface area contributed by atoms with Gasteiger partial charge in [-0.3, -0.25) is 4.79 Å². The number of nitrogens with one attached hydrogen (secondary N) is 1. The number of rotatable bonds is 5. The molecule has 20 heavy (non-hydrogen) atoms. The minimum atomic E-state index is -0.996. The first-order chi connectivity index (χ1) is 9.56. The third-order valence-electron chi connectivity index (χ3n) is 2.34. The summed E-state index contributed by atoms with van der Waals surface area (Å²) in [6, 6.07) is 6.62. The molecule has 0 saturated carbocycles. The van der Waals surface area contributed by atoms with Gasteiger partial charge in [-0.1, -0.05) is 12.1 Å². The Labute approximate surface area is 124 Å². The number of carbonyl (C=O) groups excluding carboxylic acids is 1. The van der Waals surface area contributed by atoms with E-state index in [-0.39, 0.29) is 17.2 Å². The van der Waals surface area contributed by atoms with Crippen LogP contribution in [0.15, 0.2) is 34.5 Å². The van der Waals surface area contributed by atoms with Gasteiger partial charge in [0.25, 0.3) is 0 Å². The highest BCUT2D eigenvalue weighted by molar-refractivity contribution is 8.00. The zero-order valence-electron chi connectivity index (χ0n) is 10.6. The maximum Gasteiger partial charge on any atom is 0.336 e. The molecule has 0 aliphatic rings. The Morgan fingerprint density at radius 3 is 2.80 bits per heavy atom.